The third kappa shape index (κ3) is 2.58. The van der Waals surface area contributed by atoms with E-state index in [2.05, 4.69) is 0 Å². The Kier molecular flexibility index (Phi) is 4.04. The van der Waals surface area contributed by atoms with Crippen molar-refractivity contribution in [2.24, 2.45) is 11.7 Å². The van der Waals surface area contributed by atoms with Gasteiger partial charge in [0, 0.05) is 13.1 Å². The lowest BCUT2D eigenvalue weighted by Crippen LogP contribution is -2.40. The second-order valence-corrected chi connectivity index (χ2v) is 6.76. The highest BCUT2D eigenvalue weighted by atomic mass is 32.2. The van der Waals surface area contributed by atoms with Crippen molar-refractivity contribution in [2.75, 3.05) is 19.6 Å². The molecule has 2 rings (SSSR count). The van der Waals surface area contributed by atoms with E-state index in [0.717, 1.165) is 18.4 Å². The Morgan fingerprint density at radius 1 is 1.28 bits per heavy atom. The van der Waals surface area contributed by atoms with Crippen LogP contribution in [0.2, 0.25) is 0 Å². The van der Waals surface area contributed by atoms with E-state index in [1.54, 1.807) is 16.4 Å². The molecule has 0 aliphatic carbocycles. The van der Waals surface area contributed by atoms with Gasteiger partial charge in [-0.15, -0.1) is 0 Å². The molecule has 1 saturated heterocycles. The first-order chi connectivity index (χ1) is 8.55. The lowest BCUT2D eigenvalue weighted by molar-refractivity contribution is 0.278. The Labute approximate surface area is 109 Å². The van der Waals surface area contributed by atoms with Crippen LogP contribution in [0.15, 0.2) is 29.2 Å². The Bertz CT molecular complexity index is 505. The highest BCUT2D eigenvalue weighted by Crippen LogP contribution is 2.24. The molecule has 0 unspecified atom stereocenters. The van der Waals surface area contributed by atoms with Crippen LogP contribution in [0, 0.1) is 12.8 Å². The maximum atomic E-state index is 12.5. The average molecular weight is 268 g/mol. The normalized spacial score (nSPS) is 19.0. The zero-order valence-electron chi connectivity index (χ0n) is 10.7. The van der Waals surface area contributed by atoms with Crippen LogP contribution in [0.25, 0.3) is 0 Å². The van der Waals surface area contributed by atoms with Gasteiger partial charge in [-0.1, -0.05) is 18.2 Å². The molecule has 5 heteroatoms. The van der Waals surface area contributed by atoms with Gasteiger partial charge >= 0.3 is 0 Å². The molecule has 100 valence electrons. The molecule has 0 aromatic heterocycles. The minimum absolute atomic E-state index is 0.427. The summed E-state index contributed by atoms with van der Waals surface area (Å²) in [5.74, 6) is 0.466. The van der Waals surface area contributed by atoms with Crippen LogP contribution in [0.5, 0.6) is 0 Å². The van der Waals surface area contributed by atoms with Crippen LogP contribution in [-0.4, -0.2) is 32.4 Å². The number of aryl methyl sites for hydroxylation is 1. The molecule has 1 aliphatic rings. The van der Waals surface area contributed by atoms with Crippen LogP contribution in [0.1, 0.15) is 18.4 Å². The summed E-state index contributed by atoms with van der Waals surface area (Å²) < 4.78 is 26.6. The summed E-state index contributed by atoms with van der Waals surface area (Å²) in [6.45, 7) is 3.65. The molecule has 0 atom stereocenters. The van der Waals surface area contributed by atoms with Gasteiger partial charge in [-0.2, -0.15) is 4.31 Å². The van der Waals surface area contributed by atoms with Crippen molar-refractivity contribution in [3.05, 3.63) is 29.8 Å². The van der Waals surface area contributed by atoms with Crippen LogP contribution >= 0.6 is 0 Å². The monoisotopic (exact) mass is 268 g/mol. The lowest BCUT2D eigenvalue weighted by atomic mass is 9.99. The van der Waals surface area contributed by atoms with Crippen LogP contribution in [0.3, 0.4) is 0 Å². The standard InChI is InChI=1S/C13H20N2O2S/c1-11-4-2-3-5-13(11)18(16,17)15-8-6-12(10-14)7-9-15/h2-5,12H,6-10,14H2,1H3. The number of benzene rings is 1. The van der Waals surface area contributed by atoms with E-state index < -0.39 is 10.0 Å². The van der Waals surface area contributed by atoms with E-state index in [0.29, 0.717) is 30.4 Å². The summed E-state index contributed by atoms with van der Waals surface area (Å²) in [5.41, 5.74) is 6.43. The van der Waals surface area contributed by atoms with E-state index in [4.69, 9.17) is 5.73 Å². The smallest absolute Gasteiger partial charge is 0.243 e. The summed E-state index contributed by atoms with van der Waals surface area (Å²) in [5, 5.41) is 0. The van der Waals surface area contributed by atoms with Gasteiger partial charge in [0.05, 0.1) is 4.90 Å². The van der Waals surface area contributed by atoms with E-state index in [1.807, 2.05) is 19.1 Å². The molecule has 1 heterocycles. The van der Waals surface area contributed by atoms with Gasteiger partial charge in [0.15, 0.2) is 0 Å². The first-order valence-electron chi connectivity index (χ1n) is 6.31. The van der Waals surface area contributed by atoms with E-state index in [-0.39, 0.29) is 0 Å². The van der Waals surface area contributed by atoms with Crippen molar-refractivity contribution in [2.45, 2.75) is 24.7 Å². The molecule has 0 saturated carbocycles. The van der Waals surface area contributed by atoms with Gasteiger partial charge in [-0.25, -0.2) is 8.42 Å². The zero-order valence-corrected chi connectivity index (χ0v) is 11.5. The molecule has 2 N–H and O–H groups in total. The number of rotatable bonds is 3. The Morgan fingerprint density at radius 2 is 1.89 bits per heavy atom. The van der Waals surface area contributed by atoms with Crippen molar-refractivity contribution in [3.8, 4) is 0 Å². The summed E-state index contributed by atoms with van der Waals surface area (Å²) in [4.78, 5) is 0.427. The molecule has 1 aromatic rings. The summed E-state index contributed by atoms with van der Waals surface area (Å²) in [6.07, 6.45) is 1.73. The molecular formula is C13H20N2O2S. The lowest BCUT2D eigenvalue weighted by Gasteiger charge is -2.30. The number of nitrogens with zero attached hydrogens (tertiary/aromatic N) is 1. The van der Waals surface area contributed by atoms with Gasteiger partial charge in [0.2, 0.25) is 10.0 Å². The summed E-state index contributed by atoms with van der Waals surface area (Å²) in [6, 6.07) is 7.14. The van der Waals surface area contributed by atoms with E-state index >= 15 is 0 Å². The van der Waals surface area contributed by atoms with Gasteiger partial charge in [0.1, 0.15) is 0 Å². The minimum atomic E-state index is -3.33. The molecule has 1 aliphatic heterocycles. The first-order valence-corrected chi connectivity index (χ1v) is 7.75. The molecule has 1 aromatic carbocycles. The molecule has 0 amide bonds. The predicted octanol–water partition coefficient (Wildman–Crippen LogP) is 1.35. The van der Waals surface area contributed by atoms with Gasteiger partial charge < -0.3 is 5.73 Å². The highest BCUT2D eigenvalue weighted by molar-refractivity contribution is 7.89. The molecule has 18 heavy (non-hydrogen) atoms. The number of sulfonamides is 1. The molecule has 4 nitrogen and oxygen atoms in total. The topological polar surface area (TPSA) is 63.4 Å². The van der Waals surface area contributed by atoms with Gasteiger partial charge in [-0.3, -0.25) is 0 Å². The second-order valence-electron chi connectivity index (χ2n) is 4.85. The molecule has 1 fully saturated rings. The largest absolute Gasteiger partial charge is 0.330 e. The van der Waals surface area contributed by atoms with Crippen LogP contribution < -0.4 is 5.73 Å². The molecular weight excluding hydrogens is 248 g/mol. The summed E-state index contributed by atoms with van der Waals surface area (Å²) in [7, 11) is -3.33. The fraction of sp³-hybridized carbons (Fsp3) is 0.538. The van der Waals surface area contributed by atoms with Crippen LogP contribution in [0.4, 0.5) is 0 Å². The zero-order chi connectivity index (χ0) is 13.2. The minimum Gasteiger partial charge on any atom is -0.330 e. The van der Waals surface area contributed by atoms with Gasteiger partial charge in [-0.05, 0) is 43.9 Å². The quantitative estimate of drug-likeness (QED) is 0.900. The van der Waals surface area contributed by atoms with Crippen molar-refractivity contribution in [1.29, 1.82) is 0 Å². The highest BCUT2D eigenvalue weighted by Gasteiger charge is 2.29. The first kappa shape index (κ1) is 13.5. The fourth-order valence-electron chi connectivity index (χ4n) is 2.37. The molecule has 0 spiro atoms. The maximum absolute atomic E-state index is 12.5. The molecule has 0 radical (unpaired) electrons. The number of nitrogens with two attached hydrogens (primary N) is 1. The van der Waals surface area contributed by atoms with E-state index in [9.17, 15) is 8.42 Å². The summed E-state index contributed by atoms with van der Waals surface area (Å²) >= 11 is 0. The fourth-order valence-corrected chi connectivity index (χ4v) is 4.07. The van der Waals surface area contributed by atoms with Crippen LogP contribution in [-0.2, 0) is 10.0 Å². The average Bonchev–Trinajstić information content (AvgIpc) is 2.39. The Balaban J connectivity index is 2.20. The second kappa shape index (κ2) is 5.38. The van der Waals surface area contributed by atoms with Crippen molar-refractivity contribution in [1.82, 2.24) is 4.31 Å². The van der Waals surface area contributed by atoms with E-state index in [1.165, 1.54) is 0 Å². The Morgan fingerprint density at radius 3 is 2.44 bits per heavy atom. The number of hydrogen-bond donors (Lipinski definition) is 1. The number of piperidine rings is 1. The van der Waals surface area contributed by atoms with Crippen molar-refractivity contribution in [3.63, 3.8) is 0 Å². The molecule has 0 bridgehead atoms. The number of hydrogen-bond acceptors (Lipinski definition) is 3. The SMILES string of the molecule is Cc1ccccc1S(=O)(=O)N1CCC(CN)CC1. The Hall–Kier alpha value is -0.910. The van der Waals surface area contributed by atoms with Crippen molar-refractivity contribution >= 4 is 10.0 Å². The maximum Gasteiger partial charge on any atom is 0.243 e. The predicted molar refractivity (Wildman–Crippen MR) is 71.7 cm³/mol. The van der Waals surface area contributed by atoms with Gasteiger partial charge in [0.25, 0.3) is 0 Å². The van der Waals surface area contributed by atoms with Crippen molar-refractivity contribution < 1.29 is 8.42 Å². The third-order valence-electron chi connectivity index (χ3n) is 3.62. The third-order valence-corrected chi connectivity index (χ3v) is 5.68.